The Balaban J connectivity index is 1.88. The molecule has 2 aromatic carbocycles. The molecule has 21 heavy (non-hydrogen) atoms. The molecule has 0 fully saturated rings. The fraction of sp³-hybridized carbons (Fsp3) is 0.176. The van der Waals surface area contributed by atoms with E-state index in [0.717, 1.165) is 17.7 Å². The summed E-state index contributed by atoms with van der Waals surface area (Å²) < 4.78 is 0. The summed E-state index contributed by atoms with van der Waals surface area (Å²) in [7, 11) is 0. The molecule has 1 heterocycles. The van der Waals surface area contributed by atoms with Crippen LogP contribution >= 0.6 is 0 Å². The zero-order valence-electron chi connectivity index (χ0n) is 11.8. The Bertz CT molecular complexity index is 722. The Morgan fingerprint density at radius 2 is 1.90 bits per heavy atom. The van der Waals surface area contributed by atoms with Crippen LogP contribution in [0.25, 0.3) is 5.69 Å². The standard InChI is InChI=1S/C17H17N3O/c1-2-13-7-6-8-14(11-13)17(21)16-12-18-20(19-16)15-9-4-3-5-10-15/h3-12,17,21H,2H2,1H3. The second-order valence-electron chi connectivity index (χ2n) is 4.90. The minimum absolute atomic E-state index is 0.548. The van der Waals surface area contributed by atoms with Gasteiger partial charge in [0.05, 0.1) is 11.9 Å². The van der Waals surface area contributed by atoms with Crippen molar-refractivity contribution in [1.29, 1.82) is 0 Å². The Kier molecular flexibility index (Phi) is 3.79. The van der Waals surface area contributed by atoms with Crippen LogP contribution in [0.4, 0.5) is 0 Å². The van der Waals surface area contributed by atoms with E-state index in [2.05, 4.69) is 23.2 Å². The van der Waals surface area contributed by atoms with Gasteiger partial charge in [0, 0.05) is 0 Å². The van der Waals surface area contributed by atoms with Crippen LogP contribution in [0.5, 0.6) is 0 Å². The predicted octanol–water partition coefficient (Wildman–Crippen LogP) is 2.91. The molecular weight excluding hydrogens is 262 g/mol. The zero-order chi connectivity index (χ0) is 14.7. The van der Waals surface area contributed by atoms with E-state index in [1.165, 1.54) is 10.4 Å². The average Bonchev–Trinajstić information content (AvgIpc) is 3.05. The van der Waals surface area contributed by atoms with E-state index < -0.39 is 6.10 Å². The molecule has 1 unspecified atom stereocenters. The van der Waals surface area contributed by atoms with Crippen LogP contribution in [0, 0.1) is 0 Å². The van der Waals surface area contributed by atoms with Gasteiger partial charge in [-0.15, -0.1) is 0 Å². The van der Waals surface area contributed by atoms with E-state index in [1.54, 1.807) is 6.20 Å². The van der Waals surface area contributed by atoms with Crippen molar-refractivity contribution in [2.75, 3.05) is 0 Å². The first-order chi connectivity index (χ1) is 10.3. The van der Waals surface area contributed by atoms with E-state index in [9.17, 15) is 5.11 Å². The summed E-state index contributed by atoms with van der Waals surface area (Å²) in [5.41, 5.74) is 3.46. The molecule has 0 aliphatic carbocycles. The average molecular weight is 279 g/mol. The molecule has 1 N–H and O–H groups in total. The van der Waals surface area contributed by atoms with Crippen molar-refractivity contribution in [1.82, 2.24) is 15.0 Å². The van der Waals surface area contributed by atoms with Crippen LogP contribution in [0.15, 0.2) is 60.8 Å². The molecule has 0 bridgehead atoms. The highest BCUT2D eigenvalue weighted by molar-refractivity contribution is 5.31. The van der Waals surface area contributed by atoms with E-state index >= 15 is 0 Å². The highest BCUT2D eigenvalue weighted by Gasteiger charge is 2.15. The maximum absolute atomic E-state index is 10.5. The van der Waals surface area contributed by atoms with Crippen molar-refractivity contribution in [2.24, 2.45) is 0 Å². The summed E-state index contributed by atoms with van der Waals surface area (Å²) in [4.78, 5) is 1.53. The Hall–Kier alpha value is -2.46. The highest BCUT2D eigenvalue weighted by Crippen LogP contribution is 2.21. The molecule has 4 heteroatoms. The fourth-order valence-corrected chi connectivity index (χ4v) is 2.24. The molecule has 0 radical (unpaired) electrons. The van der Waals surface area contributed by atoms with Crippen molar-refractivity contribution in [3.8, 4) is 5.69 Å². The summed E-state index contributed by atoms with van der Waals surface area (Å²) in [6.07, 6.45) is 1.79. The van der Waals surface area contributed by atoms with Gasteiger partial charge in [0.1, 0.15) is 11.8 Å². The quantitative estimate of drug-likeness (QED) is 0.799. The number of aryl methyl sites for hydroxylation is 1. The Morgan fingerprint density at radius 3 is 2.67 bits per heavy atom. The number of aromatic nitrogens is 3. The van der Waals surface area contributed by atoms with Crippen molar-refractivity contribution in [3.63, 3.8) is 0 Å². The molecule has 1 atom stereocenters. The van der Waals surface area contributed by atoms with Crippen LogP contribution < -0.4 is 0 Å². The summed E-state index contributed by atoms with van der Waals surface area (Å²) in [6.45, 7) is 2.09. The number of benzene rings is 2. The number of para-hydroxylation sites is 1. The van der Waals surface area contributed by atoms with Gasteiger partial charge in [-0.25, -0.2) is 0 Å². The van der Waals surface area contributed by atoms with E-state index in [1.807, 2.05) is 48.5 Å². The number of aliphatic hydroxyl groups excluding tert-OH is 1. The van der Waals surface area contributed by atoms with Crippen LogP contribution in [-0.4, -0.2) is 20.1 Å². The van der Waals surface area contributed by atoms with Gasteiger partial charge >= 0.3 is 0 Å². The van der Waals surface area contributed by atoms with E-state index in [0.29, 0.717) is 5.69 Å². The highest BCUT2D eigenvalue weighted by atomic mass is 16.3. The van der Waals surface area contributed by atoms with Gasteiger partial charge in [-0.3, -0.25) is 0 Å². The first kappa shape index (κ1) is 13.5. The van der Waals surface area contributed by atoms with Gasteiger partial charge in [-0.1, -0.05) is 49.4 Å². The van der Waals surface area contributed by atoms with Gasteiger partial charge in [-0.05, 0) is 29.7 Å². The molecule has 0 spiro atoms. The molecule has 106 valence electrons. The zero-order valence-corrected chi connectivity index (χ0v) is 11.8. The first-order valence-electron chi connectivity index (χ1n) is 7.02. The maximum atomic E-state index is 10.5. The first-order valence-corrected chi connectivity index (χ1v) is 7.02. The van der Waals surface area contributed by atoms with E-state index in [-0.39, 0.29) is 0 Å². The molecule has 1 aromatic heterocycles. The van der Waals surface area contributed by atoms with Gasteiger partial charge in [-0.2, -0.15) is 15.0 Å². The number of nitrogens with zero attached hydrogens (tertiary/aromatic N) is 3. The van der Waals surface area contributed by atoms with Crippen LogP contribution in [0.3, 0.4) is 0 Å². The van der Waals surface area contributed by atoms with Gasteiger partial charge < -0.3 is 5.11 Å². The van der Waals surface area contributed by atoms with Crippen LogP contribution in [0.2, 0.25) is 0 Å². The molecule has 0 saturated heterocycles. The SMILES string of the molecule is CCc1cccc(C(O)c2cnn(-c3ccccc3)n2)c1. The molecule has 3 aromatic rings. The lowest BCUT2D eigenvalue weighted by Gasteiger charge is -2.09. The number of hydrogen-bond acceptors (Lipinski definition) is 3. The largest absolute Gasteiger partial charge is 0.382 e. The second-order valence-corrected chi connectivity index (χ2v) is 4.90. The lowest BCUT2D eigenvalue weighted by atomic mass is 10.0. The summed E-state index contributed by atoms with van der Waals surface area (Å²) in [6, 6.07) is 17.6. The van der Waals surface area contributed by atoms with Crippen molar-refractivity contribution in [3.05, 3.63) is 77.6 Å². The monoisotopic (exact) mass is 279 g/mol. The maximum Gasteiger partial charge on any atom is 0.124 e. The van der Waals surface area contributed by atoms with Crippen molar-refractivity contribution >= 4 is 0 Å². The van der Waals surface area contributed by atoms with E-state index in [4.69, 9.17) is 0 Å². The van der Waals surface area contributed by atoms with Gasteiger partial charge in [0.2, 0.25) is 0 Å². The summed E-state index contributed by atoms with van der Waals surface area (Å²) in [5.74, 6) is 0. The third-order valence-corrected chi connectivity index (χ3v) is 3.45. The molecule has 0 aliphatic rings. The van der Waals surface area contributed by atoms with Crippen molar-refractivity contribution < 1.29 is 5.11 Å². The number of rotatable bonds is 4. The smallest absolute Gasteiger partial charge is 0.124 e. The number of hydrogen-bond donors (Lipinski definition) is 1. The third kappa shape index (κ3) is 2.85. The lowest BCUT2D eigenvalue weighted by Crippen LogP contribution is -2.03. The third-order valence-electron chi connectivity index (χ3n) is 3.45. The Morgan fingerprint density at radius 1 is 1.10 bits per heavy atom. The second kappa shape index (κ2) is 5.89. The minimum Gasteiger partial charge on any atom is -0.382 e. The van der Waals surface area contributed by atoms with Gasteiger partial charge in [0.25, 0.3) is 0 Å². The summed E-state index contributed by atoms with van der Waals surface area (Å²) in [5, 5.41) is 19.0. The van der Waals surface area contributed by atoms with Crippen LogP contribution in [0.1, 0.15) is 29.8 Å². The molecule has 0 saturated carbocycles. The van der Waals surface area contributed by atoms with Crippen LogP contribution in [-0.2, 0) is 6.42 Å². The molecule has 3 rings (SSSR count). The normalized spacial score (nSPS) is 12.3. The molecule has 4 nitrogen and oxygen atoms in total. The lowest BCUT2D eigenvalue weighted by molar-refractivity contribution is 0.214. The topological polar surface area (TPSA) is 50.9 Å². The predicted molar refractivity (Wildman–Crippen MR) is 81.2 cm³/mol. The fourth-order valence-electron chi connectivity index (χ4n) is 2.24. The summed E-state index contributed by atoms with van der Waals surface area (Å²) >= 11 is 0. The molecule has 0 aliphatic heterocycles. The Labute approximate surface area is 123 Å². The van der Waals surface area contributed by atoms with Crippen molar-refractivity contribution in [2.45, 2.75) is 19.4 Å². The number of aliphatic hydroxyl groups is 1. The van der Waals surface area contributed by atoms with Gasteiger partial charge in [0.15, 0.2) is 0 Å². The minimum atomic E-state index is -0.756. The molecular formula is C17H17N3O. The molecule has 0 amide bonds.